The standard InChI is InChI=1S/C19H19N3O2/c1-12-3-4-14(9-13(12)2)10-18-19(23)22(8-7-20)16-6-5-15(21)11-17(16)24-18/h3-6,9,11,18H,8,10,21H2,1-2H3. The number of hydrogen-bond acceptors (Lipinski definition) is 4. The Hall–Kier alpha value is -3.00. The second kappa shape index (κ2) is 6.25. The lowest BCUT2D eigenvalue weighted by molar-refractivity contribution is -0.126. The molecule has 0 radical (unpaired) electrons. The molecule has 0 spiro atoms. The SMILES string of the molecule is Cc1ccc(CC2Oc3cc(N)ccc3N(CC#N)C2=O)cc1C. The highest BCUT2D eigenvalue weighted by atomic mass is 16.5. The van der Waals surface area contributed by atoms with E-state index in [-0.39, 0.29) is 12.5 Å². The molecule has 24 heavy (non-hydrogen) atoms. The highest BCUT2D eigenvalue weighted by Crippen LogP contribution is 2.36. The summed E-state index contributed by atoms with van der Waals surface area (Å²) in [5.74, 6) is 0.339. The number of hydrogen-bond donors (Lipinski definition) is 1. The number of carbonyl (C=O) groups excluding carboxylic acids is 1. The normalized spacial score (nSPS) is 16.3. The van der Waals surface area contributed by atoms with Crippen LogP contribution in [-0.2, 0) is 11.2 Å². The van der Waals surface area contributed by atoms with Gasteiger partial charge in [0.15, 0.2) is 6.10 Å². The number of benzene rings is 2. The third kappa shape index (κ3) is 2.91. The molecule has 1 unspecified atom stereocenters. The first-order chi connectivity index (χ1) is 11.5. The second-order valence-electron chi connectivity index (χ2n) is 6.04. The van der Waals surface area contributed by atoms with Gasteiger partial charge in [-0.15, -0.1) is 0 Å². The van der Waals surface area contributed by atoms with Gasteiger partial charge in [-0.3, -0.25) is 9.69 Å². The van der Waals surface area contributed by atoms with Gasteiger partial charge in [0.2, 0.25) is 0 Å². The average molecular weight is 321 g/mol. The zero-order valence-electron chi connectivity index (χ0n) is 13.7. The number of nitrogens with two attached hydrogens (primary N) is 1. The van der Waals surface area contributed by atoms with Crippen LogP contribution in [0.25, 0.3) is 0 Å². The van der Waals surface area contributed by atoms with Gasteiger partial charge in [0.05, 0.1) is 11.8 Å². The van der Waals surface area contributed by atoms with E-state index >= 15 is 0 Å². The van der Waals surface area contributed by atoms with E-state index in [1.54, 1.807) is 18.2 Å². The summed E-state index contributed by atoms with van der Waals surface area (Å²) in [6.07, 6.45) is -0.203. The topological polar surface area (TPSA) is 79.3 Å². The van der Waals surface area contributed by atoms with E-state index in [1.165, 1.54) is 16.0 Å². The maximum atomic E-state index is 12.7. The molecule has 2 aromatic carbocycles. The quantitative estimate of drug-likeness (QED) is 0.696. The van der Waals surface area contributed by atoms with Crippen molar-refractivity contribution in [2.45, 2.75) is 26.4 Å². The Labute approximate surface area is 141 Å². The lowest BCUT2D eigenvalue weighted by atomic mass is 10.0. The van der Waals surface area contributed by atoms with Crippen molar-refractivity contribution in [2.75, 3.05) is 17.2 Å². The van der Waals surface area contributed by atoms with Crippen LogP contribution in [0.5, 0.6) is 5.75 Å². The number of nitriles is 1. The van der Waals surface area contributed by atoms with Crippen molar-refractivity contribution in [1.29, 1.82) is 5.26 Å². The Kier molecular flexibility index (Phi) is 4.13. The Bertz CT molecular complexity index is 839. The van der Waals surface area contributed by atoms with E-state index in [0.29, 0.717) is 23.5 Å². The van der Waals surface area contributed by atoms with Crippen molar-refractivity contribution < 1.29 is 9.53 Å². The van der Waals surface area contributed by atoms with Crippen molar-refractivity contribution in [2.24, 2.45) is 0 Å². The predicted octanol–water partition coefficient (Wildman–Crippen LogP) is 2.75. The van der Waals surface area contributed by atoms with Crippen LogP contribution in [0, 0.1) is 25.2 Å². The Morgan fingerprint density at radius 2 is 2.00 bits per heavy atom. The van der Waals surface area contributed by atoms with Crippen LogP contribution in [0.15, 0.2) is 36.4 Å². The monoisotopic (exact) mass is 321 g/mol. The molecule has 1 atom stereocenters. The van der Waals surface area contributed by atoms with Crippen molar-refractivity contribution in [3.8, 4) is 11.8 Å². The van der Waals surface area contributed by atoms with E-state index < -0.39 is 6.10 Å². The number of nitrogen functional groups attached to an aromatic ring is 1. The Morgan fingerprint density at radius 1 is 1.21 bits per heavy atom. The van der Waals surface area contributed by atoms with Gasteiger partial charge in [-0.2, -0.15) is 5.26 Å². The minimum absolute atomic E-state index is 0.0114. The zero-order valence-corrected chi connectivity index (χ0v) is 13.7. The summed E-state index contributed by atoms with van der Waals surface area (Å²) < 4.78 is 5.90. The molecule has 122 valence electrons. The molecule has 0 saturated carbocycles. The fourth-order valence-corrected chi connectivity index (χ4v) is 2.85. The zero-order chi connectivity index (χ0) is 17.3. The highest BCUT2D eigenvalue weighted by molar-refractivity contribution is 6.00. The van der Waals surface area contributed by atoms with Crippen LogP contribution in [0.1, 0.15) is 16.7 Å². The first kappa shape index (κ1) is 15.9. The maximum absolute atomic E-state index is 12.7. The van der Waals surface area contributed by atoms with Gasteiger partial charge in [0.1, 0.15) is 12.3 Å². The maximum Gasteiger partial charge on any atom is 0.269 e. The molecule has 0 aliphatic carbocycles. The van der Waals surface area contributed by atoms with E-state index in [1.807, 2.05) is 25.1 Å². The summed E-state index contributed by atoms with van der Waals surface area (Å²) >= 11 is 0. The van der Waals surface area contributed by atoms with Gasteiger partial charge >= 0.3 is 0 Å². The number of nitrogens with zero attached hydrogens (tertiary/aromatic N) is 2. The van der Waals surface area contributed by atoms with Crippen molar-refractivity contribution in [3.05, 3.63) is 53.1 Å². The minimum atomic E-state index is -0.658. The number of ether oxygens (including phenoxy) is 1. The Balaban J connectivity index is 1.93. The molecule has 0 bridgehead atoms. The van der Waals surface area contributed by atoms with Gasteiger partial charge in [0.25, 0.3) is 5.91 Å². The molecule has 5 nitrogen and oxygen atoms in total. The lowest BCUT2D eigenvalue weighted by Crippen LogP contribution is -2.47. The molecule has 0 aromatic heterocycles. The number of carbonyl (C=O) groups is 1. The summed E-state index contributed by atoms with van der Waals surface area (Å²) in [6, 6.07) is 13.3. The molecule has 5 heteroatoms. The first-order valence-electron chi connectivity index (χ1n) is 7.80. The second-order valence-corrected chi connectivity index (χ2v) is 6.04. The molecule has 1 amide bonds. The molecule has 2 N–H and O–H groups in total. The van der Waals surface area contributed by atoms with Crippen LogP contribution in [0.2, 0.25) is 0 Å². The van der Waals surface area contributed by atoms with E-state index in [9.17, 15) is 4.79 Å². The minimum Gasteiger partial charge on any atom is -0.478 e. The summed E-state index contributed by atoms with van der Waals surface area (Å²) in [4.78, 5) is 14.2. The smallest absolute Gasteiger partial charge is 0.269 e. The van der Waals surface area contributed by atoms with E-state index in [2.05, 4.69) is 13.0 Å². The molecular weight excluding hydrogens is 302 g/mol. The summed E-state index contributed by atoms with van der Waals surface area (Å²) in [6.45, 7) is 4.08. The number of aryl methyl sites for hydroxylation is 2. The fourth-order valence-electron chi connectivity index (χ4n) is 2.85. The van der Waals surface area contributed by atoms with Gasteiger partial charge in [-0.1, -0.05) is 18.2 Å². The summed E-state index contributed by atoms with van der Waals surface area (Å²) in [7, 11) is 0. The van der Waals surface area contributed by atoms with Crippen LogP contribution in [0.3, 0.4) is 0 Å². The van der Waals surface area contributed by atoms with E-state index in [0.717, 1.165) is 5.56 Å². The molecule has 1 aliphatic heterocycles. The predicted molar refractivity (Wildman–Crippen MR) is 92.9 cm³/mol. The van der Waals surface area contributed by atoms with Gasteiger partial charge in [-0.25, -0.2) is 0 Å². The van der Waals surface area contributed by atoms with Crippen LogP contribution < -0.4 is 15.4 Å². The molecule has 1 aliphatic rings. The molecule has 0 saturated heterocycles. The molecule has 3 rings (SSSR count). The number of anilines is 2. The molecule has 1 heterocycles. The van der Waals surface area contributed by atoms with Gasteiger partial charge in [0, 0.05) is 18.2 Å². The van der Waals surface area contributed by atoms with Crippen molar-refractivity contribution in [3.63, 3.8) is 0 Å². The molecular formula is C19H19N3O2. The average Bonchev–Trinajstić information content (AvgIpc) is 2.55. The summed E-state index contributed by atoms with van der Waals surface area (Å²) in [5, 5.41) is 9.05. The van der Waals surface area contributed by atoms with Crippen LogP contribution in [0.4, 0.5) is 11.4 Å². The number of amides is 1. The lowest BCUT2D eigenvalue weighted by Gasteiger charge is -2.33. The number of rotatable bonds is 3. The largest absolute Gasteiger partial charge is 0.478 e. The van der Waals surface area contributed by atoms with E-state index in [4.69, 9.17) is 15.7 Å². The number of fused-ring (bicyclic) bond motifs is 1. The van der Waals surface area contributed by atoms with Crippen LogP contribution >= 0.6 is 0 Å². The van der Waals surface area contributed by atoms with Crippen LogP contribution in [-0.4, -0.2) is 18.6 Å². The van der Waals surface area contributed by atoms with Gasteiger partial charge in [-0.05, 0) is 42.7 Å². The highest BCUT2D eigenvalue weighted by Gasteiger charge is 2.34. The third-order valence-corrected chi connectivity index (χ3v) is 4.31. The summed E-state index contributed by atoms with van der Waals surface area (Å²) in [5.41, 5.74) is 10.4. The third-order valence-electron chi connectivity index (χ3n) is 4.31. The molecule has 2 aromatic rings. The van der Waals surface area contributed by atoms with Crippen molar-refractivity contribution >= 4 is 17.3 Å². The van der Waals surface area contributed by atoms with Crippen molar-refractivity contribution in [1.82, 2.24) is 0 Å². The molecule has 0 fully saturated rings. The first-order valence-corrected chi connectivity index (χ1v) is 7.80. The van der Waals surface area contributed by atoms with Gasteiger partial charge < -0.3 is 10.5 Å². The Morgan fingerprint density at radius 3 is 2.71 bits per heavy atom. The fraction of sp³-hybridized carbons (Fsp3) is 0.263.